The van der Waals surface area contributed by atoms with E-state index in [1.54, 1.807) is 26.0 Å². The molecule has 0 bridgehead atoms. The van der Waals surface area contributed by atoms with E-state index in [1.807, 2.05) is 6.07 Å². The minimum atomic E-state index is -0.803. The maximum atomic E-state index is 13.0. The molecule has 3 nitrogen and oxygen atoms in total. The monoisotopic (exact) mass is 236 g/mol. The highest BCUT2D eigenvalue weighted by atomic mass is 19.1. The number of hydrogen-bond donors (Lipinski definition) is 1. The Morgan fingerprint density at radius 1 is 1.53 bits per heavy atom. The van der Waals surface area contributed by atoms with Gasteiger partial charge in [0.2, 0.25) is 0 Å². The van der Waals surface area contributed by atoms with Gasteiger partial charge in [-0.2, -0.15) is 5.26 Å². The van der Waals surface area contributed by atoms with E-state index in [1.165, 1.54) is 6.07 Å². The van der Waals surface area contributed by atoms with Gasteiger partial charge in [0.25, 0.3) is 0 Å². The van der Waals surface area contributed by atoms with Crippen LogP contribution in [0.15, 0.2) is 18.2 Å². The van der Waals surface area contributed by atoms with Crippen LogP contribution < -0.4 is 10.5 Å². The molecule has 2 N–H and O–H groups in total. The molecule has 0 aromatic heterocycles. The Balaban J connectivity index is 2.37. The van der Waals surface area contributed by atoms with E-state index in [9.17, 15) is 4.39 Å². The second kappa shape index (κ2) is 5.65. The van der Waals surface area contributed by atoms with Crippen molar-refractivity contribution in [1.29, 1.82) is 5.26 Å². The lowest BCUT2D eigenvalue weighted by Crippen LogP contribution is -2.34. The van der Waals surface area contributed by atoms with Crippen molar-refractivity contribution in [3.63, 3.8) is 0 Å². The number of hydrogen-bond acceptors (Lipinski definition) is 3. The van der Waals surface area contributed by atoms with Gasteiger partial charge in [-0.3, -0.25) is 0 Å². The van der Waals surface area contributed by atoms with Gasteiger partial charge in [0, 0.05) is 0 Å². The number of ether oxygens (including phenoxy) is 1. The SMILES string of the molecule is Cc1cc(OCCCC(C)(N)C#N)ccc1F. The van der Waals surface area contributed by atoms with Gasteiger partial charge >= 0.3 is 0 Å². The first kappa shape index (κ1) is 13.5. The predicted molar refractivity (Wildman–Crippen MR) is 64.1 cm³/mol. The van der Waals surface area contributed by atoms with Crippen LogP contribution in [0.4, 0.5) is 4.39 Å². The minimum Gasteiger partial charge on any atom is -0.494 e. The van der Waals surface area contributed by atoms with Gasteiger partial charge in [0.05, 0.1) is 12.7 Å². The van der Waals surface area contributed by atoms with Crippen molar-refractivity contribution >= 4 is 0 Å². The van der Waals surface area contributed by atoms with E-state index < -0.39 is 5.54 Å². The predicted octanol–water partition coefficient (Wildman–Crippen LogP) is 2.53. The quantitative estimate of drug-likeness (QED) is 0.799. The molecule has 0 saturated heterocycles. The second-order valence-electron chi connectivity index (χ2n) is 4.39. The van der Waals surface area contributed by atoms with Gasteiger partial charge in [0.1, 0.15) is 17.1 Å². The number of nitrogens with zero attached hydrogens (tertiary/aromatic N) is 1. The van der Waals surface area contributed by atoms with Crippen molar-refractivity contribution in [3.05, 3.63) is 29.6 Å². The molecule has 1 unspecified atom stereocenters. The number of aryl methyl sites for hydroxylation is 1. The molecule has 17 heavy (non-hydrogen) atoms. The zero-order valence-corrected chi connectivity index (χ0v) is 10.2. The number of nitrogens with two attached hydrogens (primary N) is 1. The first-order valence-electron chi connectivity index (χ1n) is 5.54. The molecule has 1 atom stereocenters. The van der Waals surface area contributed by atoms with Crippen molar-refractivity contribution < 1.29 is 9.13 Å². The summed E-state index contributed by atoms with van der Waals surface area (Å²) in [4.78, 5) is 0. The highest BCUT2D eigenvalue weighted by Crippen LogP contribution is 2.16. The molecule has 0 aliphatic rings. The van der Waals surface area contributed by atoms with Crippen LogP contribution in [-0.2, 0) is 0 Å². The van der Waals surface area contributed by atoms with Crippen LogP contribution in [0.25, 0.3) is 0 Å². The summed E-state index contributed by atoms with van der Waals surface area (Å²) in [5, 5.41) is 8.72. The largest absolute Gasteiger partial charge is 0.494 e. The Morgan fingerprint density at radius 2 is 2.24 bits per heavy atom. The van der Waals surface area contributed by atoms with Gasteiger partial charge in [-0.25, -0.2) is 4.39 Å². The molecule has 0 heterocycles. The fourth-order valence-corrected chi connectivity index (χ4v) is 1.39. The summed E-state index contributed by atoms with van der Waals surface area (Å²) in [5.41, 5.74) is 5.43. The Hall–Kier alpha value is -1.60. The fourth-order valence-electron chi connectivity index (χ4n) is 1.39. The van der Waals surface area contributed by atoms with E-state index in [4.69, 9.17) is 15.7 Å². The van der Waals surface area contributed by atoms with Crippen LogP contribution in [0, 0.1) is 24.1 Å². The summed E-state index contributed by atoms with van der Waals surface area (Å²) >= 11 is 0. The Kier molecular flexibility index (Phi) is 4.47. The Labute approximate surface area is 101 Å². The van der Waals surface area contributed by atoms with Gasteiger partial charge in [-0.15, -0.1) is 0 Å². The molecule has 0 spiro atoms. The molecule has 1 aromatic rings. The maximum Gasteiger partial charge on any atom is 0.126 e. The zero-order valence-electron chi connectivity index (χ0n) is 10.2. The van der Waals surface area contributed by atoms with Gasteiger partial charge in [0.15, 0.2) is 0 Å². The van der Waals surface area contributed by atoms with E-state index in [0.717, 1.165) is 0 Å². The van der Waals surface area contributed by atoms with Crippen molar-refractivity contribution in [2.45, 2.75) is 32.2 Å². The van der Waals surface area contributed by atoms with E-state index in [-0.39, 0.29) is 5.82 Å². The third kappa shape index (κ3) is 4.41. The molecule has 0 radical (unpaired) electrons. The lowest BCUT2D eigenvalue weighted by molar-refractivity contribution is 0.295. The van der Waals surface area contributed by atoms with Crippen LogP contribution in [0.2, 0.25) is 0 Å². The van der Waals surface area contributed by atoms with Crippen LogP contribution in [0.5, 0.6) is 5.75 Å². The molecule has 0 aliphatic heterocycles. The fraction of sp³-hybridized carbons (Fsp3) is 0.462. The first-order chi connectivity index (χ1) is 7.94. The highest BCUT2D eigenvalue weighted by molar-refractivity contribution is 5.28. The third-order valence-electron chi connectivity index (χ3n) is 2.49. The number of benzene rings is 1. The normalized spacial score (nSPS) is 13.8. The molecule has 1 aromatic carbocycles. The number of rotatable bonds is 5. The summed E-state index contributed by atoms with van der Waals surface area (Å²) in [6, 6.07) is 6.66. The van der Waals surface area contributed by atoms with Crippen LogP contribution in [0.3, 0.4) is 0 Å². The topological polar surface area (TPSA) is 59.0 Å². The molecule has 4 heteroatoms. The van der Waals surface area contributed by atoms with Crippen LogP contribution in [-0.4, -0.2) is 12.1 Å². The second-order valence-corrected chi connectivity index (χ2v) is 4.39. The van der Waals surface area contributed by atoms with Gasteiger partial charge in [-0.1, -0.05) is 0 Å². The van der Waals surface area contributed by atoms with Crippen molar-refractivity contribution in [2.75, 3.05) is 6.61 Å². The standard InChI is InChI=1S/C13H17FN2O/c1-10-8-11(4-5-12(10)14)17-7-3-6-13(2,16)9-15/h4-5,8H,3,6-7,16H2,1-2H3. The summed E-state index contributed by atoms with van der Waals surface area (Å²) < 4.78 is 18.4. The average Bonchev–Trinajstić information content (AvgIpc) is 2.29. The zero-order chi connectivity index (χ0) is 12.9. The molecule has 1 rings (SSSR count). The number of halogens is 1. The third-order valence-corrected chi connectivity index (χ3v) is 2.49. The van der Waals surface area contributed by atoms with Crippen LogP contribution >= 0.6 is 0 Å². The van der Waals surface area contributed by atoms with Crippen molar-refractivity contribution in [3.8, 4) is 11.8 Å². The smallest absolute Gasteiger partial charge is 0.126 e. The molecule has 0 saturated carbocycles. The molecular formula is C13H17FN2O. The Morgan fingerprint density at radius 3 is 2.82 bits per heavy atom. The van der Waals surface area contributed by atoms with E-state index >= 15 is 0 Å². The maximum absolute atomic E-state index is 13.0. The van der Waals surface area contributed by atoms with E-state index in [2.05, 4.69) is 0 Å². The van der Waals surface area contributed by atoms with E-state index in [0.29, 0.717) is 30.8 Å². The number of nitriles is 1. The highest BCUT2D eigenvalue weighted by Gasteiger charge is 2.16. The minimum absolute atomic E-state index is 0.239. The summed E-state index contributed by atoms with van der Waals surface area (Å²) in [7, 11) is 0. The molecule has 92 valence electrons. The molecule has 0 amide bonds. The van der Waals surface area contributed by atoms with Crippen molar-refractivity contribution in [2.24, 2.45) is 5.73 Å². The summed E-state index contributed by atoms with van der Waals surface area (Å²) in [6.45, 7) is 3.85. The first-order valence-corrected chi connectivity index (χ1v) is 5.54. The molecule has 0 fully saturated rings. The summed E-state index contributed by atoms with van der Waals surface area (Å²) in [5.74, 6) is 0.399. The van der Waals surface area contributed by atoms with Gasteiger partial charge in [-0.05, 0) is 50.5 Å². The lowest BCUT2D eigenvalue weighted by atomic mass is 10.00. The molecular weight excluding hydrogens is 219 g/mol. The van der Waals surface area contributed by atoms with Gasteiger partial charge < -0.3 is 10.5 Å². The van der Waals surface area contributed by atoms with Crippen LogP contribution in [0.1, 0.15) is 25.3 Å². The molecule has 0 aliphatic carbocycles. The lowest BCUT2D eigenvalue weighted by Gasteiger charge is -2.15. The summed E-state index contributed by atoms with van der Waals surface area (Å²) in [6.07, 6.45) is 1.26. The Bertz CT molecular complexity index is 424. The van der Waals surface area contributed by atoms with Crippen molar-refractivity contribution in [1.82, 2.24) is 0 Å². The average molecular weight is 236 g/mol.